The number of amides is 3. The molecule has 0 unspecified atom stereocenters. The number of benzene rings is 2. The normalized spacial score (nSPS) is 17.7. The van der Waals surface area contributed by atoms with Gasteiger partial charge >= 0.3 is 0 Å². The van der Waals surface area contributed by atoms with E-state index >= 15 is 0 Å². The lowest BCUT2D eigenvalue weighted by Crippen LogP contribution is -2.47. The average Bonchev–Trinajstić information content (AvgIpc) is 3.04. The topological polar surface area (TPSA) is 104 Å². The molecule has 35 heavy (non-hydrogen) atoms. The van der Waals surface area contributed by atoms with Crippen LogP contribution in [-0.4, -0.2) is 66.5 Å². The molecule has 4 rings (SSSR count). The lowest BCUT2D eigenvalue weighted by molar-refractivity contribution is -0.120. The maximum atomic E-state index is 13.3. The Hall–Kier alpha value is -2.69. The average molecular weight is 516 g/mol. The summed E-state index contributed by atoms with van der Waals surface area (Å²) < 4.78 is 27.9. The third-order valence-electron chi connectivity index (χ3n) is 6.34. The van der Waals surface area contributed by atoms with E-state index in [0.717, 1.165) is 30.6 Å². The van der Waals surface area contributed by atoms with Gasteiger partial charge in [-0.15, -0.1) is 0 Å². The molecule has 0 saturated carbocycles. The number of rotatable bonds is 8. The van der Waals surface area contributed by atoms with Crippen LogP contribution >= 0.6 is 11.8 Å². The zero-order valence-electron chi connectivity index (χ0n) is 19.6. The Kier molecular flexibility index (Phi) is 7.93. The number of carbonyl (C=O) groups is 3. The monoisotopic (exact) mass is 515 g/mol. The van der Waals surface area contributed by atoms with Crippen LogP contribution in [0.25, 0.3) is 0 Å². The Balaban J connectivity index is 1.56. The number of nitrogens with one attached hydrogen (secondary N) is 1. The number of nitrogens with zero attached hydrogens (tertiary/aromatic N) is 2. The fraction of sp³-hybridized carbons (Fsp3) is 0.400. The summed E-state index contributed by atoms with van der Waals surface area (Å²) in [5.74, 6) is -0.957. The minimum Gasteiger partial charge on any atom is -0.324 e. The summed E-state index contributed by atoms with van der Waals surface area (Å²) in [7, 11) is -3.69. The van der Waals surface area contributed by atoms with Crippen LogP contribution in [0.15, 0.2) is 53.4 Å². The van der Waals surface area contributed by atoms with Crippen molar-refractivity contribution in [3.63, 3.8) is 0 Å². The van der Waals surface area contributed by atoms with Gasteiger partial charge < -0.3 is 5.32 Å². The van der Waals surface area contributed by atoms with Crippen molar-refractivity contribution in [1.29, 1.82) is 0 Å². The van der Waals surface area contributed by atoms with Gasteiger partial charge in [0.25, 0.3) is 11.8 Å². The zero-order valence-corrected chi connectivity index (χ0v) is 21.2. The van der Waals surface area contributed by atoms with Crippen LogP contribution in [-0.2, 0) is 14.8 Å². The highest BCUT2D eigenvalue weighted by Gasteiger charge is 2.42. The molecule has 2 aliphatic heterocycles. The van der Waals surface area contributed by atoms with Crippen molar-refractivity contribution in [2.45, 2.75) is 43.0 Å². The van der Waals surface area contributed by atoms with Gasteiger partial charge in [0.05, 0.1) is 16.0 Å². The number of imide groups is 1. The van der Waals surface area contributed by atoms with Crippen molar-refractivity contribution < 1.29 is 22.8 Å². The number of hydrogen-bond donors (Lipinski definition) is 1. The lowest BCUT2D eigenvalue weighted by Gasteiger charge is -2.25. The van der Waals surface area contributed by atoms with Gasteiger partial charge in [-0.2, -0.15) is 16.1 Å². The summed E-state index contributed by atoms with van der Waals surface area (Å²) in [5, 5.41) is 2.75. The van der Waals surface area contributed by atoms with Crippen LogP contribution in [0, 0.1) is 0 Å². The fourth-order valence-electron chi connectivity index (χ4n) is 4.49. The molecule has 1 fully saturated rings. The number of hydrogen-bond acceptors (Lipinski definition) is 6. The Morgan fingerprint density at radius 3 is 2.20 bits per heavy atom. The van der Waals surface area contributed by atoms with Crippen LogP contribution in [0.2, 0.25) is 0 Å². The van der Waals surface area contributed by atoms with Crippen molar-refractivity contribution in [1.82, 2.24) is 9.21 Å². The number of anilines is 1. The molecule has 2 aromatic carbocycles. The van der Waals surface area contributed by atoms with Gasteiger partial charge in [0.1, 0.15) is 6.04 Å². The van der Waals surface area contributed by atoms with Gasteiger partial charge in [0, 0.05) is 18.8 Å². The van der Waals surface area contributed by atoms with Crippen molar-refractivity contribution in [2.75, 3.05) is 30.4 Å². The summed E-state index contributed by atoms with van der Waals surface area (Å²) in [5.41, 5.74) is 0.867. The Bertz CT molecular complexity index is 1190. The third-order valence-corrected chi connectivity index (χ3v) is 8.88. The molecule has 186 valence electrons. The van der Waals surface area contributed by atoms with E-state index in [9.17, 15) is 22.8 Å². The zero-order chi connectivity index (χ0) is 25.0. The minimum absolute atomic E-state index is 0.110. The summed E-state index contributed by atoms with van der Waals surface area (Å²) >= 11 is 1.51. The van der Waals surface area contributed by atoms with Crippen LogP contribution in [0.4, 0.5) is 5.69 Å². The van der Waals surface area contributed by atoms with Gasteiger partial charge in [-0.1, -0.05) is 31.0 Å². The Morgan fingerprint density at radius 2 is 1.60 bits per heavy atom. The smallest absolute Gasteiger partial charge is 0.262 e. The molecule has 10 heteroatoms. The maximum Gasteiger partial charge on any atom is 0.262 e. The summed E-state index contributed by atoms with van der Waals surface area (Å²) in [6.07, 6.45) is 5.84. The molecule has 1 N–H and O–H groups in total. The quantitative estimate of drug-likeness (QED) is 0.539. The predicted octanol–water partition coefficient (Wildman–Crippen LogP) is 3.61. The lowest BCUT2D eigenvalue weighted by atomic mass is 10.1. The van der Waals surface area contributed by atoms with E-state index < -0.39 is 33.8 Å². The van der Waals surface area contributed by atoms with E-state index in [4.69, 9.17) is 0 Å². The molecule has 1 saturated heterocycles. The van der Waals surface area contributed by atoms with Gasteiger partial charge in [-0.05, 0) is 61.6 Å². The molecule has 0 aromatic heterocycles. The largest absolute Gasteiger partial charge is 0.324 e. The minimum atomic E-state index is -3.69. The maximum absolute atomic E-state index is 13.3. The first-order valence-corrected chi connectivity index (χ1v) is 14.5. The highest BCUT2D eigenvalue weighted by Crippen LogP contribution is 2.28. The van der Waals surface area contributed by atoms with Crippen LogP contribution < -0.4 is 5.32 Å². The fourth-order valence-corrected chi connectivity index (χ4v) is 6.51. The molecule has 8 nitrogen and oxygen atoms in total. The molecule has 3 amide bonds. The summed E-state index contributed by atoms with van der Waals surface area (Å²) in [6.45, 7) is 0.963. The Labute approximate surface area is 210 Å². The van der Waals surface area contributed by atoms with E-state index in [1.807, 2.05) is 6.26 Å². The molecular weight excluding hydrogens is 486 g/mol. The molecule has 2 aliphatic rings. The number of sulfonamides is 1. The molecule has 0 radical (unpaired) electrons. The van der Waals surface area contributed by atoms with Gasteiger partial charge in [-0.25, -0.2) is 8.42 Å². The molecular formula is C25H29N3O5S2. The first kappa shape index (κ1) is 25.4. The standard InChI is InChI=1S/C25H29N3O5S2/c1-34-16-13-22(28-24(30)20-11-4-5-12-21(20)25(28)31)23(29)26-18-9-8-10-19(17-18)35(32,33)27-14-6-2-3-7-15-27/h4-5,8-12,17,22H,2-3,6-7,13-16H2,1H3,(H,26,29)/t22-/m0/s1. The highest BCUT2D eigenvalue weighted by atomic mass is 32.2. The molecule has 2 aromatic rings. The predicted molar refractivity (Wildman–Crippen MR) is 136 cm³/mol. The van der Waals surface area contributed by atoms with E-state index in [1.54, 1.807) is 36.4 Å². The number of fused-ring (bicyclic) bond motifs is 1. The van der Waals surface area contributed by atoms with Crippen molar-refractivity contribution >= 4 is 45.2 Å². The number of carbonyl (C=O) groups excluding carboxylic acids is 3. The Morgan fingerprint density at radius 1 is 0.971 bits per heavy atom. The molecule has 0 spiro atoms. The van der Waals surface area contributed by atoms with Crippen LogP contribution in [0.5, 0.6) is 0 Å². The van der Waals surface area contributed by atoms with E-state index in [1.165, 1.54) is 28.2 Å². The first-order chi connectivity index (χ1) is 16.8. The second-order valence-electron chi connectivity index (χ2n) is 8.66. The van der Waals surface area contributed by atoms with Gasteiger partial charge in [0.15, 0.2) is 0 Å². The molecule has 1 atom stereocenters. The summed E-state index contributed by atoms with van der Waals surface area (Å²) in [6, 6.07) is 11.7. The third kappa shape index (κ3) is 5.29. The SMILES string of the molecule is CSCC[C@@H](C(=O)Nc1cccc(S(=O)(=O)N2CCCCCC2)c1)N1C(=O)c2ccccc2C1=O. The highest BCUT2D eigenvalue weighted by molar-refractivity contribution is 7.98. The molecule has 0 bridgehead atoms. The van der Waals surface area contributed by atoms with Crippen molar-refractivity contribution in [2.24, 2.45) is 0 Å². The van der Waals surface area contributed by atoms with Crippen LogP contribution in [0.3, 0.4) is 0 Å². The van der Waals surface area contributed by atoms with Crippen molar-refractivity contribution in [3.05, 3.63) is 59.7 Å². The van der Waals surface area contributed by atoms with Gasteiger partial charge in [0.2, 0.25) is 15.9 Å². The second kappa shape index (κ2) is 10.9. The first-order valence-electron chi connectivity index (χ1n) is 11.7. The van der Waals surface area contributed by atoms with E-state index in [2.05, 4.69) is 5.32 Å². The van der Waals surface area contributed by atoms with Crippen molar-refractivity contribution in [3.8, 4) is 0 Å². The number of thioether (sulfide) groups is 1. The van der Waals surface area contributed by atoms with E-state index in [0.29, 0.717) is 24.5 Å². The summed E-state index contributed by atoms with van der Waals surface area (Å²) in [4.78, 5) is 40.4. The second-order valence-corrected chi connectivity index (χ2v) is 11.6. The molecule has 2 heterocycles. The molecule has 0 aliphatic carbocycles. The van der Waals surface area contributed by atoms with Crippen LogP contribution in [0.1, 0.15) is 52.8 Å². The van der Waals surface area contributed by atoms with E-state index in [-0.39, 0.29) is 22.4 Å². The van der Waals surface area contributed by atoms with Gasteiger partial charge in [-0.3, -0.25) is 19.3 Å².